The molecule has 5 nitrogen and oxygen atoms in total. The van der Waals surface area contributed by atoms with Gasteiger partial charge >= 0.3 is 0 Å². The molecule has 0 spiro atoms. The van der Waals surface area contributed by atoms with Crippen molar-refractivity contribution in [1.29, 1.82) is 5.26 Å². The molecule has 130 valence electrons. The van der Waals surface area contributed by atoms with Crippen molar-refractivity contribution in [2.45, 2.75) is 25.2 Å². The van der Waals surface area contributed by atoms with E-state index >= 15 is 0 Å². The summed E-state index contributed by atoms with van der Waals surface area (Å²) in [4.78, 5) is 12.7. The number of hydrogen-bond acceptors (Lipinski definition) is 5. The number of hydrazine groups is 1. The molecule has 1 aliphatic carbocycles. The standard InChI is InChI=1S/C18H18ClFN4O/c1-23(2)24-13-7-4-8-14(25)17(13)15(10(9-21)18(24)22)16-11(19)5-3-6-12(16)20/h3,5-6,15H,4,7-8,22H2,1-2H3. The van der Waals surface area contributed by atoms with Gasteiger partial charge in [-0.3, -0.25) is 9.80 Å². The summed E-state index contributed by atoms with van der Waals surface area (Å²) < 4.78 is 14.6. The van der Waals surface area contributed by atoms with E-state index in [1.54, 1.807) is 30.2 Å². The number of carbonyl (C=O) groups is 1. The Bertz CT molecular complexity index is 833. The second-order valence-electron chi connectivity index (χ2n) is 6.28. The molecule has 0 radical (unpaired) electrons. The number of rotatable bonds is 2. The Hall–Kier alpha value is -2.36. The average molecular weight is 361 g/mol. The summed E-state index contributed by atoms with van der Waals surface area (Å²) in [5, 5.41) is 13.3. The zero-order valence-corrected chi connectivity index (χ0v) is 14.8. The maximum Gasteiger partial charge on any atom is 0.161 e. The molecule has 2 aliphatic rings. The van der Waals surface area contributed by atoms with Gasteiger partial charge in [-0.15, -0.1) is 0 Å². The smallest absolute Gasteiger partial charge is 0.161 e. The summed E-state index contributed by atoms with van der Waals surface area (Å²) in [6, 6.07) is 6.39. The molecular formula is C18H18ClFN4O. The van der Waals surface area contributed by atoms with Crippen molar-refractivity contribution in [3.8, 4) is 6.07 Å². The number of nitrogens with zero attached hydrogens (tertiary/aromatic N) is 3. The summed E-state index contributed by atoms with van der Waals surface area (Å²) in [5.74, 6) is -1.33. The van der Waals surface area contributed by atoms with Crippen LogP contribution in [0.15, 0.2) is 40.9 Å². The van der Waals surface area contributed by atoms with E-state index < -0.39 is 11.7 Å². The zero-order valence-electron chi connectivity index (χ0n) is 14.0. The molecular weight excluding hydrogens is 343 g/mol. The maximum absolute atomic E-state index is 14.6. The van der Waals surface area contributed by atoms with Gasteiger partial charge in [0.25, 0.3) is 0 Å². The minimum atomic E-state index is -0.877. The van der Waals surface area contributed by atoms with Crippen LogP contribution in [0, 0.1) is 17.1 Å². The van der Waals surface area contributed by atoms with Crippen LogP contribution in [0.2, 0.25) is 5.02 Å². The van der Waals surface area contributed by atoms with Gasteiger partial charge < -0.3 is 5.73 Å². The Morgan fingerprint density at radius 1 is 1.40 bits per heavy atom. The quantitative estimate of drug-likeness (QED) is 0.877. The van der Waals surface area contributed by atoms with Crippen LogP contribution in [0.4, 0.5) is 4.39 Å². The highest BCUT2D eigenvalue weighted by atomic mass is 35.5. The first-order valence-corrected chi connectivity index (χ1v) is 8.33. The first kappa shape index (κ1) is 17.5. The summed E-state index contributed by atoms with van der Waals surface area (Å²) in [5.41, 5.74) is 7.63. The van der Waals surface area contributed by atoms with E-state index in [4.69, 9.17) is 17.3 Å². The molecule has 0 saturated carbocycles. The van der Waals surface area contributed by atoms with E-state index in [-0.39, 0.29) is 27.8 Å². The Morgan fingerprint density at radius 3 is 2.72 bits per heavy atom. The normalized spacial score (nSPS) is 20.9. The van der Waals surface area contributed by atoms with Crippen molar-refractivity contribution >= 4 is 17.4 Å². The molecule has 0 amide bonds. The van der Waals surface area contributed by atoms with Crippen LogP contribution in [0.5, 0.6) is 0 Å². The van der Waals surface area contributed by atoms with E-state index in [1.165, 1.54) is 12.1 Å². The van der Waals surface area contributed by atoms with Gasteiger partial charge in [0, 0.05) is 42.4 Å². The molecule has 1 aliphatic heterocycles. The van der Waals surface area contributed by atoms with Crippen molar-refractivity contribution in [1.82, 2.24) is 10.0 Å². The average Bonchev–Trinajstić information content (AvgIpc) is 2.54. The highest BCUT2D eigenvalue weighted by Crippen LogP contribution is 2.47. The largest absolute Gasteiger partial charge is 0.383 e. The summed E-state index contributed by atoms with van der Waals surface area (Å²) in [6.07, 6.45) is 1.68. The second-order valence-corrected chi connectivity index (χ2v) is 6.68. The molecule has 1 atom stereocenters. The molecule has 1 heterocycles. The van der Waals surface area contributed by atoms with Crippen LogP contribution in [-0.4, -0.2) is 29.9 Å². The first-order valence-electron chi connectivity index (χ1n) is 7.95. The highest BCUT2D eigenvalue weighted by Gasteiger charge is 2.42. The topological polar surface area (TPSA) is 73.4 Å². The van der Waals surface area contributed by atoms with Gasteiger partial charge in [-0.1, -0.05) is 17.7 Å². The molecule has 1 aromatic rings. The lowest BCUT2D eigenvalue weighted by atomic mass is 9.76. The van der Waals surface area contributed by atoms with Crippen molar-refractivity contribution < 1.29 is 9.18 Å². The molecule has 0 bridgehead atoms. The van der Waals surface area contributed by atoms with Gasteiger partial charge in [0.05, 0.1) is 17.6 Å². The Morgan fingerprint density at radius 2 is 2.12 bits per heavy atom. The predicted molar refractivity (Wildman–Crippen MR) is 92.4 cm³/mol. The highest BCUT2D eigenvalue weighted by molar-refractivity contribution is 6.31. The lowest BCUT2D eigenvalue weighted by Crippen LogP contribution is -2.45. The molecule has 2 N–H and O–H groups in total. The summed E-state index contributed by atoms with van der Waals surface area (Å²) in [6.45, 7) is 0. The molecule has 0 saturated heterocycles. The summed E-state index contributed by atoms with van der Waals surface area (Å²) >= 11 is 6.24. The van der Waals surface area contributed by atoms with Gasteiger partial charge in [0.2, 0.25) is 0 Å². The van der Waals surface area contributed by atoms with Crippen LogP contribution in [0.25, 0.3) is 0 Å². The van der Waals surface area contributed by atoms with Crippen LogP contribution < -0.4 is 5.73 Å². The molecule has 0 aromatic heterocycles. The minimum absolute atomic E-state index is 0.0994. The number of carbonyl (C=O) groups excluding carboxylic acids is 1. The number of allylic oxidation sites excluding steroid dienone is 3. The van der Waals surface area contributed by atoms with Crippen LogP contribution in [0.1, 0.15) is 30.7 Å². The molecule has 3 rings (SSSR count). The lowest BCUT2D eigenvalue weighted by Gasteiger charge is -2.42. The lowest BCUT2D eigenvalue weighted by molar-refractivity contribution is -0.116. The monoisotopic (exact) mass is 360 g/mol. The number of benzene rings is 1. The Balaban J connectivity index is 2.34. The van der Waals surface area contributed by atoms with Crippen LogP contribution in [0.3, 0.4) is 0 Å². The van der Waals surface area contributed by atoms with Gasteiger partial charge in [-0.2, -0.15) is 5.26 Å². The third-order valence-corrected chi connectivity index (χ3v) is 4.90. The molecule has 1 aromatic carbocycles. The number of Topliss-reactive ketones (excluding diaryl/α,β-unsaturated/α-hetero) is 1. The van der Waals surface area contributed by atoms with E-state index in [9.17, 15) is 14.4 Å². The van der Waals surface area contributed by atoms with Crippen LogP contribution >= 0.6 is 11.6 Å². The number of nitriles is 1. The first-order chi connectivity index (χ1) is 11.9. The van der Waals surface area contributed by atoms with E-state index in [1.807, 2.05) is 0 Å². The summed E-state index contributed by atoms with van der Waals surface area (Å²) in [7, 11) is 3.56. The third kappa shape index (κ3) is 2.70. The van der Waals surface area contributed by atoms with Crippen LogP contribution in [-0.2, 0) is 4.79 Å². The number of halogens is 2. The Labute approximate surface area is 150 Å². The fourth-order valence-corrected chi connectivity index (χ4v) is 3.87. The maximum atomic E-state index is 14.6. The number of nitrogens with two attached hydrogens (primary N) is 1. The minimum Gasteiger partial charge on any atom is -0.383 e. The van der Waals surface area contributed by atoms with E-state index in [0.717, 1.165) is 0 Å². The SMILES string of the molecule is CN(C)N1C(N)=C(C#N)C(c2c(F)cccc2Cl)C2=C1CCCC2=O. The van der Waals surface area contributed by atoms with Crippen molar-refractivity contribution in [2.24, 2.45) is 5.73 Å². The van der Waals surface area contributed by atoms with Gasteiger partial charge in [0.1, 0.15) is 11.6 Å². The van der Waals surface area contributed by atoms with E-state index in [2.05, 4.69) is 6.07 Å². The second kappa shape index (κ2) is 6.51. The fourth-order valence-electron chi connectivity index (χ4n) is 3.60. The number of hydrogen-bond donors (Lipinski definition) is 1. The van der Waals surface area contributed by atoms with Gasteiger partial charge in [-0.05, 0) is 25.0 Å². The van der Waals surface area contributed by atoms with Crippen molar-refractivity contribution in [3.05, 3.63) is 57.3 Å². The van der Waals surface area contributed by atoms with Gasteiger partial charge in [-0.25, -0.2) is 9.40 Å². The molecule has 25 heavy (non-hydrogen) atoms. The molecule has 7 heteroatoms. The van der Waals surface area contributed by atoms with E-state index in [0.29, 0.717) is 30.5 Å². The van der Waals surface area contributed by atoms with Crippen molar-refractivity contribution in [3.63, 3.8) is 0 Å². The Kier molecular flexibility index (Phi) is 4.55. The third-order valence-electron chi connectivity index (χ3n) is 4.57. The number of ketones is 1. The molecule has 0 fully saturated rings. The van der Waals surface area contributed by atoms with Gasteiger partial charge in [0.15, 0.2) is 5.78 Å². The van der Waals surface area contributed by atoms with Crippen molar-refractivity contribution in [2.75, 3.05) is 14.1 Å². The molecule has 1 unspecified atom stereocenters. The predicted octanol–water partition coefficient (Wildman–Crippen LogP) is 3.06. The fraction of sp³-hybridized carbons (Fsp3) is 0.333. The zero-order chi connectivity index (χ0) is 18.3.